The van der Waals surface area contributed by atoms with Crippen LogP contribution >= 0.6 is 0 Å². The van der Waals surface area contributed by atoms with Crippen molar-refractivity contribution in [3.8, 4) is 0 Å². The lowest BCUT2D eigenvalue weighted by molar-refractivity contribution is -0.126. The average Bonchev–Trinajstić information content (AvgIpc) is 2.52. The molecule has 1 fully saturated rings. The second kappa shape index (κ2) is 6.95. The molecule has 0 aliphatic carbocycles. The number of nitrogens with zero attached hydrogens (tertiary/aromatic N) is 3. The Morgan fingerprint density at radius 2 is 2.30 bits per heavy atom. The molecule has 2 rings (SSSR count). The van der Waals surface area contributed by atoms with Crippen LogP contribution in [0, 0.1) is 5.92 Å². The summed E-state index contributed by atoms with van der Waals surface area (Å²) in [6.07, 6.45) is 6.06. The van der Waals surface area contributed by atoms with Gasteiger partial charge in [-0.1, -0.05) is 0 Å². The first-order valence-corrected chi connectivity index (χ1v) is 6.75. The first-order chi connectivity index (χ1) is 9.72. The largest absolute Gasteiger partial charge is 0.355 e. The highest BCUT2D eigenvalue weighted by atomic mass is 16.2. The second-order valence-electron chi connectivity index (χ2n) is 4.76. The van der Waals surface area contributed by atoms with Crippen molar-refractivity contribution in [2.75, 3.05) is 26.2 Å². The van der Waals surface area contributed by atoms with E-state index in [2.05, 4.69) is 15.3 Å². The van der Waals surface area contributed by atoms with Gasteiger partial charge in [-0.25, -0.2) is 4.98 Å². The first kappa shape index (κ1) is 14.4. The fraction of sp³-hybridized carbons (Fsp3) is 0.538. The second-order valence-corrected chi connectivity index (χ2v) is 4.76. The maximum absolute atomic E-state index is 12.3. The molecular formula is C13H19N5O2. The van der Waals surface area contributed by atoms with Crippen LogP contribution in [0.25, 0.3) is 0 Å². The van der Waals surface area contributed by atoms with E-state index in [1.807, 2.05) is 0 Å². The van der Waals surface area contributed by atoms with Gasteiger partial charge in [0.2, 0.25) is 5.91 Å². The van der Waals surface area contributed by atoms with E-state index in [0.29, 0.717) is 31.9 Å². The molecule has 7 heteroatoms. The fourth-order valence-electron chi connectivity index (χ4n) is 2.29. The van der Waals surface area contributed by atoms with Crippen LogP contribution in [0.5, 0.6) is 0 Å². The molecule has 1 aliphatic heterocycles. The van der Waals surface area contributed by atoms with Gasteiger partial charge in [-0.2, -0.15) is 0 Å². The number of piperidine rings is 1. The molecule has 0 bridgehead atoms. The zero-order valence-electron chi connectivity index (χ0n) is 11.3. The van der Waals surface area contributed by atoms with E-state index in [0.717, 1.165) is 12.8 Å². The average molecular weight is 277 g/mol. The van der Waals surface area contributed by atoms with Crippen molar-refractivity contribution in [2.45, 2.75) is 12.8 Å². The molecule has 3 N–H and O–H groups in total. The van der Waals surface area contributed by atoms with Gasteiger partial charge in [0.25, 0.3) is 5.91 Å². The summed E-state index contributed by atoms with van der Waals surface area (Å²) in [7, 11) is 0. The van der Waals surface area contributed by atoms with Crippen LogP contribution < -0.4 is 11.1 Å². The van der Waals surface area contributed by atoms with E-state index in [1.54, 1.807) is 4.90 Å². The summed E-state index contributed by atoms with van der Waals surface area (Å²) in [4.78, 5) is 33.7. The molecule has 2 amide bonds. The van der Waals surface area contributed by atoms with E-state index in [-0.39, 0.29) is 17.7 Å². The van der Waals surface area contributed by atoms with Crippen molar-refractivity contribution in [2.24, 2.45) is 11.7 Å². The van der Waals surface area contributed by atoms with Crippen molar-refractivity contribution in [1.29, 1.82) is 0 Å². The highest BCUT2D eigenvalue weighted by Gasteiger charge is 2.29. The van der Waals surface area contributed by atoms with E-state index in [4.69, 9.17) is 5.73 Å². The molecule has 1 unspecified atom stereocenters. The summed E-state index contributed by atoms with van der Waals surface area (Å²) < 4.78 is 0. The van der Waals surface area contributed by atoms with Gasteiger partial charge < -0.3 is 16.0 Å². The van der Waals surface area contributed by atoms with Crippen LogP contribution in [0.3, 0.4) is 0 Å². The Balaban J connectivity index is 1.96. The maximum Gasteiger partial charge on any atom is 0.274 e. The molecule has 20 heavy (non-hydrogen) atoms. The number of nitrogens with one attached hydrogen (secondary N) is 1. The van der Waals surface area contributed by atoms with E-state index < -0.39 is 0 Å². The van der Waals surface area contributed by atoms with Gasteiger partial charge in [0.1, 0.15) is 5.69 Å². The number of hydrogen-bond acceptors (Lipinski definition) is 5. The lowest BCUT2D eigenvalue weighted by Crippen LogP contribution is -2.46. The fourth-order valence-corrected chi connectivity index (χ4v) is 2.29. The standard InChI is InChI=1S/C13H19N5O2/c14-3-4-17-12(19)10-2-1-7-18(9-10)13(20)11-8-15-5-6-16-11/h5-6,8,10H,1-4,7,9,14H2,(H,17,19). The molecule has 2 heterocycles. The molecule has 0 saturated carbocycles. The SMILES string of the molecule is NCCNC(=O)C1CCCN(C(=O)c2cnccn2)C1. The zero-order chi connectivity index (χ0) is 14.4. The lowest BCUT2D eigenvalue weighted by Gasteiger charge is -2.31. The summed E-state index contributed by atoms with van der Waals surface area (Å²) >= 11 is 0. The predicted octanol–water partition coefficient (Wildman–Crippen LogP) is -0.596. The highest BCUT2D eigenvalue weighted by molar-refractivity contribution is 5.92. The number of rotatable bonds is 4. The molecule has 1 saturated heterocycles. The quantitative estimate of drug-likeness (QED) is 0.765. The molecule has 1 aliphatic rings. The molecule has 1 aromatic heterocycles. The van der Waals surface area contributed by atoms with Crippen molar-refractivity contribution in [3.63, 3.8) is 0 Å². The van der Waals surface area contributed by atoms with Crippen LogP contribution in [0.1, 0.15) is 23.3 Å². The molecule has 1 aromatic rings. The normalized spacial score (nSPS) is 18.6. The minimum atomic E-state index is -0.172. The topological polar surface area (TPSA) is 101 Å². The molecule has 108 valence electrons. The van der Waals surface area contributed by atoms with Crippen molar-refractivity contribution >= 4 is 11.8 Å². The summed E-state index contributed by atoms with van der Waals surface area (Å²) in [5, 5.41) is 2.77. The Hall–Kier alpha value is -2.02. The molecule has 0 radical (unpaired) electrons. The van der Waals surface area contributed by atoms with Gasteiger partial charge in [0.15, 0.2) is 0 Å². The Labute approximate surface area is 117 Å². The van der Waals surface area contributed by atoms with Crippen molar-refractivity contribution in [3.05, 3.63) is 24.3 Å². The van der Waals surface area contributed by atoms with Gasteiger partial charge >= 0.3 is 0 Å². The molecule has 0 spiro atoms. The summed E-state index contributed by atoms with van der Waals surface area (Å²) in [5.74, 6) is -0.377. The number of nitrogens with two attached hydrogens (primary N) is 1. The monoisotopic (exact) mass is 277 g/mol. The Bertz CT molecular complexity index is 465. The Morgan fingerprint density at radius 3 is 3.00 bits per heavy atom. The van der Waals surface area contributed by atoms with Crippen molar-refractivity contribution < 1.29 is 9.59 Å². The third kappa shape index (κ3) is 3.51. The van der Waals surface area contributed by atoms with Crippen molar-refractivity contribution in [1.82, 2.24) is 20.2 Å². The Kier molecular flexibility index (Phi) is 5.00. The third-order valence-corrected chi connectivity index (χ3v) is 3.31. The van der Waals surface area contributed by atoms with E-state index in [9.17, 15) is 9.59 Å². The van der Waals surface area contributed by atoms with Crippen LogP contribution in [0.4, 0.5) is 0 Å². The highest BCUT2D eigenvalue weighted by Crippen LogP contribution is 2.18. The molecule has 7 nitrogen and oxygen atoms in total. The molecule has 0 aromatic carbocycles. The number of carbonyl (C=O) groups excluding carboxylic acids is 2. The predicted molar refractivity (Wildman–Crippen MR) is 72.7 cm³/mol. The van der Waals surface area contributed by atoms with Crippen LogP contribution in [0.2, 0.25) is 0 Å². The van der Waals surface area contributed by atoms with E-state index in [1.165, 1.54) is 18.6 Å². The Morgan fingerprint density at radius 1 is 1.45 bits per heavy atom. The van der Waals surface area contributed by atoms with Crippen LogP contribution in [0.15, 0.2) is 18.6 Å². The summed E-state index contributed by atoms with van der Waals surface area (Å²) in [5.41, 5.74) is 5.68. The number of aromatic nitrogens is 2. The van der Waals surface area contributed by atoms with Gasteiger partial charge in [-0.15, -0.1) is 0 Å². The number of carbonyl (C=O) groups is 2. The molecular weight excluding hydrogens is 258 g/mol. The van der Waals surface area contributed by atoms with Gasteiger partial charge in [-0.05, 0) is 12.8 Å². The first-order valence-electron chi connectivity index (χ1n) is 6.75. The molecule has 1 atom stereocenters. The van der Waals surface area contributed by atoms with Crippen LogP contribution in [-0.2, 0) is 4.79 Å². The third-order valence-electron chi connectivity index (χ3n) is 3.31. The van der Waals surface area contributed by atoms with Gasteiger partial charge in [0, 0.05) is 38.6 Å². The summed E-state index contributed by atoms with van der Waals surface area (Å²) in [6, 6.07) is 0. The number of amides is 2. The minimum absolute atomic E-state index is 0.0351. The number of hydrogen-bond donors (Lipinski definition) is 2. The maximum atomic E-state index is 12.3. The lowest BCUT2D eigenvalue weighted by atomic mass is 9.97. The van der Waals surface area contributed by atoms with Crippen LogP contribution in [-0.4, -0.2) is 52.9 Å². The van der Waals surface area contributed by atoms with E-state index >= 15 is 0 Å². The number of likely N-dealkylation sites (tertiary alicyclic amines) is 1. The zero-order valence-corrected chi connectivity index (χ0v) is 11.3. The van der Waals surface area contributed by atoms with Gasteiger partial charge in [0.05, 0.1) is 12.1 Å². The smallest absolute Gasteiger partial charge is 0.274 e. The minimum Gasteiger partial charge on any atom is -0.355 e. The summed E-state index contributed by atoms with van der Waals surface area (Å²) in [6.45, 7) is 1.95. The van der Waals surface area contributed by atoms with Gasteiger partial charge in [-0.3, -0.25) is 14.6 Å².